The maximum Gasteiger partial charge on any atom is 0.0762 e. The molecule has 1 aromatic heterocycles. The Bertz CT molecular complexity index is 315. The van der Waals surface area contributed by atoms with Crippen LogP contribution in [0.4, 0.5) is 0 Å². The number of aromatic nitrogens is 2. The van der Waals surface area contributed by atoms with E-state index in [0.717, 1.165) is 38.2 Å². The van der Waals surface area contributed by atoms with Crippen molar-refractivity contribution in [1.29, 1.82) is 0 Å². The summed E-state index contributed by atoms with van der Waals surface area (Å²) in [5, 5.41) is 8.07. The molecule has 4 heteroatoms. The van der Waals surface area contributed by atoms with Crippen LogP contribution >= 0.6 is 0 Å². The van der Waals surface area contributed by atoms with Gasteiger partial charge in [0.25, 0.3) is 0 Å². The van der Waals surface area contributed by atoms with Crippen molar-refractivity contribution in [3.63, 3.8) is 0 Å². The van der Waals surface area contributed by atoms with Crippen LogP contribution in [0.5, 0.6) is 0 Å². The summed E-state index contributed by atoms with van der Waals surface area (Å²) in [5.74, 6) is 0. The van der Waals surface area contributed by atoms with Crippen molar-refractivity contribution in [1.82, 2.24) is 20.0 Å². The molecule has 4 nitrogen and oxygen atoms in total. The van der Waals surface area contributed by atoms with E-state index in [1.807, 2.05) is 0 Å². The maximum absolute atomic E-state index is 4.63. The topological polar surface area (TPSA) is 33.1 Å². The van der Waals surface area contributed by atoms with Gasteiger partial charge in [0.1, 0.15) is 0 Å². The van der Waals surface area contributed by atoms with Gasteiger partial charge in [-0.3, -0.25) is 4.68 Å². The van der Waals surface area contributed by atoms with Crippen LogP contribution in [0.15, 0.2) is 12.3 Å². The normalized spacial score (nSPS) is 11.7. The van der Waals surface area contributed by atoms with E-state index in [4.69, 9.17) is 0 Å². The zero-order valence-electron chi connectivity index (χ0n) is 12.3. The minimum Gasteiger partial charge on any atom is -0.311 e. The van der Waals surface area contributed by atoms with E-state index in [-0.39, 0.29) is 0 Å². The lowest BCUT2D eigenvalue weighted by molar-refractivity contribution is 0.393. The van der Waals surface area contributed by atoms with Gasteiger partial charge in [-0.15, -0.1) is 0 Å². The van der Waals surface area contributed by atoms with E-state index >= 15 is 0 Å². The van der Waals surface area contributed by atoms with Crippen molar-refractivity contribution < 1.29 is 0 Å². The van der Waals surface area contributed by atoms with Gasteiger partial charge < -0.3 is 10.2 Å². The SMILES string of the molecule is CCC(CC)n1ccc(CNCCCN(C)C)n1. The third-order valence-corrected chi connectivity index (χ3v) is 3.25. The summed E-state index contributed by atoms with van der Waals surface area (Å²) in [5.41, 5.74) is 1.15. The molecule has 0 radical (unpaired) electrons. The zero-order chi connectivity index (χ0) is 13.4. The van der Waals surface area contributed by atoms with Crippen molar-refractivity contribution in [2.24, 2.45) is 0 Å². The standard InChI is InChI=1S/C14H28N4/c1-5-14(6-2)18-11-8-13(16-18)12-15-9-7-10-17(3)4/h8,11,14-15H,5-7,9-10,12H2,1-4H3. The van der Waals surface area contributed by atoms with E-state index in [9.17, 15) is 0 Å². The smallest absolute Gasteiger partial charge is 0.0762 e. The Hall–Kier alpha value is -0.870. The highest BCUT2D eigenvalue weighted by atomic mass is 15.3. The lowest BCUT2D eigenvalue weighted by atomic mass is 10.2. The number of hydrogen-bond donors (Lipinski definition) is 1. The Labute approximate surface area is 111 Å². The number of nitrogens with zero attached hydrogens (tertiary/aromatic N) is 3. The van der Waals surface area contributed by atoms with Crippen LogP contribution in [0.1, 0.15) is 44.8 Å². The molecule has 0 fully saturated rings. The second kappa shape index (κ2) is 8.27. The molecule has 18 heavy (non-hydrogen) atoms. The van der Waals surface area contributed by atoms with E-state index in [2.05, 4.69) is 60.2 Å². The Kier molecular flexibility index (Phi) is 6.98. The van der Waals surface area contributed by atoms with E-state index in [0.29, 0.717) is 6.04 Å². The van der Waals surface area contributed by atoms with Gasteiger partial charge in [-0.05, 0) is 52.5 Å². The van der Waals surface area contributed by atoms with Gasteiger partial charge in [-0.1, -0.05) is 13.8 Å². The van der Waals surface area contributed by atoms with Gasteiger partial charge in [0.05, 0.1) is 11.7 Å². The molecule has 1 N–H and O–H groups in total. The Morgan fingerprint density at radius 3 is 2.67 bits per heavy atom. The first-order chi connectivity index (χ1) is 8.67. The summed E-state index contributed by atoms with van der Waals surface area (Å²) in [4.78, 5) is 2.21. The highest BCUT2D eigenvalue weighted by Crippen LogP contribution is 2.14. The van der Waals surface area contributed by atoms with Crippen molar-refractivity contribution in [2.45, 2.75) is 45.7 Å². The summed E-state index contributed by atoms with van der Waals surface area (Å²) in [6, 6.07) is 2.67. The van der Waals surface area contributed by atoms with Gasteiger partial charge in [-0.2, -0.15) is 5.10 Å². The fourth-order valence-corrected chi connectivity index (χ4v) is 2.07. The Balaban J connectivity index is 2.27. The van der Waals surface area contributed by atoms with Gasteiger partial charge in [0.2, 0.25) is 0 Å². The first kappa shape index (κ1) is 15.2. The molecule has 0 aromatic carbocycles. The maximum atomic E-state index is 4.63. The van der Waals surface area contributed by atoms with Gasteiger partial charge in [-0.25, -0.2) is 0 Å². The molecule has 0 amide bonds. The van der Waals surface area contributed by atoms with Crippen molar-refractivity contribution in [3.05, 3.63) is 18.0 Å². The van der Waals surface area contributed by atoms with Crippen LogP contribution in [-0.2, 0) is 6.54 Å². The van der Waals surface area contributed by atoms with Crippen LogP contribution in [0, 0.1) is 0 Å². The quantitative estimate of drug-likeness (QED) is 0.685. The average Bonchev–Trinajstić information content (AvgIpc) is 2.79. The van der Waals surface area contributed by atoms with E-state index in [1.54, 1.807) is 0 Å². The second-order valence-corrected chi connectivity index (χ2v) is 5.09. The molecule has 104 valence electrons. The number of hydrogen-bond acceptors (Lipinski definition) is 3. The molecule has 0 atom stereocenters. The van der Waals surface area contributed by atoms with Crippen molar-refractivity contribution in [3.8, 4) is 0 Å². The highest BCUT2D eigenvalue weighted by Gasteiger charge is 2.07. The Morgan fingerprint density at radius 2 is 2.06 bits per heavy atom. The van der Waals surface area contributed by atoms with Crippen molar-refractivity contribution >= 4 is 0 Å². The fraction of sp³-hybridized carbons (Fsp3) is 0.786. The molecule has 0 aliphatic carbocycles. The van der Waals surface area contributed by atoms with Gasteiger partial charge >= 0.3 is 0 Å². The fourth-order valence-electron chi connectivity index (χ4n) is 2.07. The highest BCUT2D eigenvalue weighted by molar-refractivity contribution is 4.99. The molecule has 0 saturated carbocycles. The molecule has 0 aliphatic heterocycles. The molecule has 0 saturated heterocycles. The molecular weight excluding hydrogens is 224 g/mol. The predicted molar refractivity (Wildman–Crippen MR) is 76.7 cm³/mol. The van der Waals surface area contributed by atoms with Crippen LogP contribution < -0.4 is 5.32 Å². The molecule has 0 bridgehead atoms. The summed E-state index contributed by atoms with van der Waals surface area (Å²) in [6.07, 6.45) is 5.58. The summed E-state index contributed by atoms with van der Waals surface area (Å²) < 4.78 is 2.11. The van der Waals surface area contributed by atoms with Gasteiger partial charge in [0.15, 0.2) is 0 Å². The van der Waals surface area contributed by atoms with E-state index < -0.39 is 0 Å². The molecule has 0 unspecified atom stereocenters. The summed E-state index contributed by atoms with van der Waals surface area (Å²) in [6.45, 7) is 7.50. The first-order valence-corrected chi connectivity index (χ1v) is 7.06. The zero-order valence-corrected chi connectivity index (χ0v) is 12.3. The second-order valence-electron chi connectivity index (χ2n) is 5.09. The predicted octanol–water partition coefficient (Wildman–Crippen LogP) is 2.29. The summed E-state index contributed by atoms with van der Waals surface area (Å²) in [7, 11) is 4.22. The monoisotopic (exact) mass is 252 g/mol. The van der Waals surface area contributed by atoms with Crippen molar-refractivity contribution in [2.75, 3.05) is 27.2 Å². The summed E-state index contributed by atoms with van der Waals surface area (Å²) >= 11 is 0. The molecule has 1 heterocycles. The van der Waals surface area contributed by atoms with Crippen LogP contribution in [0.2, 0.25) is 0 Å². The lowest BCUT2D eigenvalue weighted by Gasteiger charge is -2.12. The van der Waals surface area contributed by atoms with Crippen LogP contribution in [0.25, 0.3) is 0 Å². The first-order valence-electron chi connectivity index (χ1n) is 7.06. The molecule has 1 aromatic rings. The molecule has 0 aliphatic rings. The van der Waals surface area contributed by atoms with Gasteiger partial charge in [0, 0.05) is 12.7 Å². The Morgan fingerprint density at radius 1 is 1.33 bits per heavy atom. The van der Waals surface area contributed by atoms with Crippen LogP contribution in [0.3, 0.4) is 0 Å². The number of nitrogens with one attached hydrogen (secondary N) is 1. The molecule has 1 rings (SSSR count). The van der Waals surface area contributed by atoms with E-state index in [1.165, 1.54) is 6.42 Å². The van der Waals surface area contributed by atoms with Crippen LogP contribution in [-0.4, -0.2) is 41.9 Å². The minimum atomic E-state index is 0.549. The third-order valence-electron chi connectivity index (χ3n) is 3.25. The largest absolute Gasteiger partial charge is 0.311 e. The number of rotatable bonds is 9. The lowest BCUT2D eigenvalue weighted by Crippen LogP contribution is -2.21. The third kappa shape index (κ3) is 5.19. The average molecular weight is 252 g/mol. The molecule has 0 spiro atoms. The minimum absolute atomic E-state index is 0.549. The molecular formula is C14H28N4.